The van der Waals surface area contributed by atoms with Crippen molar-refractivity contribution in [2.24, 2.45) is 0 Å². The van der Waals surface area contributed by atoms with Crippen molar-refractivity contribution < 1.29 is 28.5 Å². The Labute approximate surface area is 203 Å². The summed E-state index contributed by atoms with van der Waals surface area (Å²) in [5.74, 6) is 2.43. The number of carbonyl (C=O) groups excluding carboxylic acids is 1. The number of esters is 1. The van der Waals surface area contributed by atoms with E-state index in [1.54, 1.807) is 37.8 Å². The highest BCUT2D eigenvalue weighted by atomic mass is 16.5. The van der Waals surface area contributed by atoms with Gasteiger partial charge in [0.2, 0.25) is 11.7 Å². The number of anilines is 1. The van der Waals surface area contributed by atoms with E-state index in [9.17, 15) is 4.79 Å². The molecule has 0 spiro atoms. The smallest absolute Gasteiger partial charge is 0.338 e. The van der Waals surface area contributed by atoms with Crippen molar-refractivity contribution in [1.29, 1.82) is 0 Å². The molecule has 0 saturated carbocycles. The summed E-state index contributed by atoms with van der Waals surface area (Å²) in [5.41, 5.74) is 2.40. The van der Waals surface area contributed by atoms with E-state index in [0.717, 1.165) is 5.56 Å². The van der Waals surface area contributed by atoms with Crippen LogP contribution in [-0.4, -0.2) is 55.8 Å². The number of para-hydroxylation sites is 1. The van der Waals surface area contributed by atoms with Gasteiger partial charge in [0.1, 0.15) is 11.8 Å². The number of rotatable bonds is 8. The van der Waals surface area contributed by atoms with E-state index in [2.05, 4.69) is 5.32 Å². The third-order valence-corrected chi connectivity index (χ3v) is 5.70. The second-order valence-electron chi connectivity index (χ2n) is 7.65. The predicted molar refractivity (Wildman–Crippen MR) is 129 cm³/mol. The number of hydrogen-bond acceptors (Lipinski definition) is 9. The molecule has 1 aliphatic heterocycles. The SMILES string of the molecule is CCOC(=O)C1=C(C)Nc2nc(-c3ccccc3OC)nn2C1c1cc(OC)c(OC)c(OC)c1. The summed E-state index contributed by atoms with van der Waals surface area (Å²) in [6, 6.07) is 10.4. The molecular formula is C25H28N4O6. The van der Waals surface area contributed by atoms with Gasteiger partial charge in [-0.25, -0.2) is 9.48 Å². The van der Waals surface area contributed by atoms with E-state index in [1.165, 1.54) is 21.3 Å². The Morgan fingerprint density at radius 2 is 1.66 bits per heavy atom. The number of methoxy groups -OCH3 is 4. The summed E-state index contributed by atoms with van der Waals surface area (Å²) >= 11 is 0. The summed E-state index contributed by atoms with van der Waals surface area (Å²) in [6.45, 7) is 3.80. The fourth-order valence-electron chi connectivity index (χ4n) is 4.14. The van der Waals surface area contributed by atoms with E-state index in [-0.39, 0.29) is 6.61 Å². The van der Waals surface area contributed by atoms with Gasteiger partial charge in [0, 0.05) is 5.70 Å². The zero-order valence-electron chi connectivity index (χ0n) is 20.5. The predicted octanol–water partition coefficient (Wildman–Crippen LogP) is 3.83. The Bertz CT molecular complexity index is 1260. The van der Waals surface area contributed by atoms with Crippen molar-refractivity contribution >= 4 is 11.9 Å². The molecule has 1 unspecified atom stereocenters. The van der Waals surface area contributed by atoms with Crippen LogP contribution in [-0.2, 0) is 9.53 Å². The number of nitrogens with zero attached hydrogens (tertiary/aromatic N) is 3. The molecule has 1 aliphatic rings. The van der Waals surface area contributed by atoms with E-state index in [0.29, 0.717) is 51.6 Å². The Morgan fingerprint density at radius 1 is 1.00 bits per heavy atom. The van der Waals surface area contributed by atoms with Gasteiger partial charge < -0.3 is 29.0 Å². The van der Waals surface area contributed by atoms with Gasteiger partial charge in [-0.15, -0.1) is 5.10 Å². The van der Waals surface area contributed by atoms with Crippen molar-refractivity contribution in [3.63, 3.8) is 0 Å². The van der Waals surface area contributed by atoms with Crippen LogP contribution in [0.5, 0.6) is 23.0 Å². The molecule has 35 heavy (non-hydrogen) atoms. The van der Waals surface area contributed by atoms with Crippen LogP contribution in [0.15, 0.2) is 47.7 Å². The standard InChI is InChI=1S/C25H28N4O6/c1-7-35-24(30)20-14(2)26-25-27-23(16-10-8-9-11-17(16)31-3)28-29(25)21(20)15-12-18(32-4)22(34-6)19(13-15)33-5/h8-13,21H,7H2,1-6H3,(H,26,27,28). The van der Waals surface area contributed by atoms with Gasteiger partial charge in [-0.2, -0.15) is 4.98 Å². The number of hydrogen-bond donors (Lipinski definition) is 1. The van der Waals surface area contributed by atoms with Crippen LogP contribution in [0.4, 0.5) is 5.95 Å². The molecule has 1 atom stereocenters. The first-order valence-corrected chi connectivity index (χ1v) is 11.0. The summed E-state index contributed by atoms with van der Waals surface area (Å²) in [5, 5.41) is 7.97. The molecule has 3 aromatic rings. The molecule has 10 nitrogen and oxygen atoms in total. The molecule has 1 aromatic heterocycles. The van der Waals surface area contributed by atoms with E-state index in [1.807, 2.05) is 24.3 Å². The topological polar surface area (TPSA) is 106 Å². The molecule has 0 radical (unpaired) electrons. The van der Waals surface area contributed by atoms with Crippen LogP contribution in [0, 0.1) is 0 Å². The Kier molecular flexibility index (Phi) is 6.81. The average molecular weight is 481 g/mol. The zero-order valence-corrected chi connectivity index (χ0v) is 20.5. The van der Waals surface area contributed by atoms with Crippen LogP contribution in [0.25, 0.3) is 11.4 Å². The summed E-state index contributed by atoms with van der Waals surface area (Å²) in [4.78, 5) is 17.8. The Morgan fingerprint density at radius 3 is 2.26 bits per heavy atom. The fourth-order valence-corrected chi connectivity index (χ4v) is 4.14. The second kappa shape index (κ2) is 9.96. The zero-order chi connectivity index (χ0) is 25.1. The van der Waals surface area contributed by atoms with E-state index >= 15 is 0 Å². The number of nitrogens with one attached hydrogen (secondary N) is 1. The molecule has 4 rings (SSSR count). The van der Waals surface area contributed by atoms with Gasteiger partial charge in [-0.1, -0.05) is 12.1 Å². The molecule has 10 heteroatoms. The second-order valence-corrected chi connectivity index (χ2v) is 7.65. The maximum atomic E-state index is 13.1. The minimum atomic E-state index is -0.671. The minimum Gasteiger partial charge on any atom is -0.496 e. The maximum Gasteiger partial charge on any atom is 0.338 e. The molecule has 0 bridgehead atoms. The van der Waals surface area contributed by atoms with Crippen LogP contribution < -0.4 is 24.3 Å². The van der Waals surface area contributed by atoms with Crippen molar-refractivity contribution in [3.8, 4) is 34.4 Å². The van der Waals surface area contributed by atoms with Crippen LogP contribution in [0.3, 0.4) is 0 Å². The first kappa shape index (κ1) is 23.9. The van der Waals surface area contributed by atoms with Crippen molar-refractivity contribution in [2.75, 3.05) is 40.4 Å². The summed E-state index contributed by atoms with van der Waals surface area (Å²) in [6.07, 6.45) is 0. The highest BCUT2D eigenvalue weighted by molar-refractivity contribution is 5.92. The number of allylic oxidation sites excluding steroid dienone is 1. The third kappa shape index (κ3) is 4.23. The first-order valence-electron chi connectivity index (χ1n) is 11.0. The quantitative estimate of drug-likeness (QED) is 0.482. The van der Waals surface area contributed by atoms with Gasteiger partial charge in [-0.05, 0) is 43.7 Å². The lowest BCUT2D eigenvalue weighted by Crippen LogP contribution is -2.29. The van der Waals surface area contributed by atoms with Crippen molar-refractivity contribution in [1.82, 2.24) is 14.8 Å². The highest BCUT2D eigenvalue weighted by Gasteiger charge is 2.36. The number of fused-ring (bicyclic) bond motifs is 1. The molecule has 0 aliphatic carbocycles. The summed E-state index contributed by atoms with van der Waals surface area (Å²) in [7, 11) is 6.21. The van der Waals surface area contributed by atoms with Gasteiger partial charge in [0.25, 0.3) is 0 Å². The van der Waals surface area contributed by atoms with Crippen LogP contribution in [0.1, 0.15) is 25.5 Å². The molecule has 2 aromatic carbocycles. The largest absolute Gasteiger partial charge is 0.496 e. The van der Waals surface area contributed by atoms with Crippen molar-refractivity contribution in [2.45, 2.75) is 19.9 Å². The highest BCUT2D eigenvalue weighted by Crippen LogP contribution is 2.44. The number of aromatic nitrogens is 3. The van der Waals surface area contributed by atoms with Gasteiger partial charge >= 0.3 is 5.97 Å². The Hall–Kier alpha value is -4.21. The first-order chi connectivity index (χ1) is 17.0. The van der Waals surface area contributed by atoms with E-state index < -0.39 is 12.0 Å². The van der Waals surface area contributed by atoms with Crippen LogP contribution >= 0.6 is 0 Å². The summed E-state index contributed by atoms with van der Waals surface area (Å²) < 4.78 is 29.1. The monoisotopic (exact) mass is 480 g/mol. The molecule has 2 heterocycles. The Balaban J connectivity index is 1.95. The van der Waals surface area contributed by atoms with Gasteiger partial charge in [0.05, 0.1) is 46.2 Å². The van der Waals surface area contributed by atoms with Gasteiger partial charge in [-0.3, -0.25) is 0 Å². The maximum absolute atomic E-state index is 13.1. The number of benzene rings is 2. The molecule has 0 amide bonds. The molecule has 184 valence electrons. The molecule has 0 saturated heterocycles. The average Bonchev–Trinajstić information content (AvgIpc) is 3.30. The molecule has 0 fully saturated rings. The van der Waals surface area contributed by atoms with E-state index in [4.69, 9.17) is 33.8 Å². The third-order valence-electron chi connectivity index (χ3n) is 5.70. The minimum absolute atomic E-state index is 0.230. The number of carbonyl (C=O) groups is 1. The van der Waals surface area contributed by atoms with Gasteiger partial charge in [0.15, 0.2) is 17.3 Å². The fraction of sp³-hybridized carbons (Fsp3) is 0.320. The lowest BCUT2D eigenvalue weighted by atomic mass is 9.95. The molecular weight excluding hydrogens is 452 g/mol. The van der Waals surface area contributed by atoms with Crippen LogP contribution in [0.2, 0.25) is 0 Å². The number of ether oxygens (including phenoxy) is 5. The lowest BCUT2D eigenvalue weighted by molar-refractivity contribution is -0.139. The molecule has 1 N–H and O–H groups in total. The van der Waals surface area contributed by atoms with Crippen molar-refractivity contribution in [3.05, 3.63) is 53.2 Å². The normalized spacial score (nSPS) is 14.6. The lowest BCUT2D eigenvalue weighted by Gasteiger charge is -2.28.